The maximum absolute atomic E-state index is 11.8. The second-order valence-corrected chi connectivity index (χ2v) is 5.55. The summed E-state index contributed by atoms with van der Waals surface area (Å²) in [5.74, 6) is 0.0445. The second kappa shape index (κ2) is 4.53. The second-order valence-electron chi connectivity index (χ2n) is 5.55. The molecule has 0 radical (unpaired) electrons. The van der Waals surface area contributed by atoms with Crippen molar-refractivity contribution in [3.63, 3.8) is 0 Å². The summed E-state index contributed by atoms with van der Waals surface area (Å²) in [6, 6.07) is 6.47. The molecule has 0 aliphatic heterocycles. The van der Waals surface area contributed by atoms with E-state index in [4.69, 9.17) is 9.15 Å². The largest absolute Gasteiger partial charge is 0.426 e. The van der Waals surface area contributed by atoms with Gasteiger partial charge in [0.25, 0.3) is 0 Å². The van der Waals surface area contributed by atoms with E-state index in [1.54, 1.807) is 39.0 Å². The zero-order chi connectivity index (χ0) is 14.2. The minimum atomic E-state index is -0.581. The fraction of sp³-hybridized carbons (Fsp3) is 0.333. The first-order valence-electron chi connectivity index (χ1n) is 6.04. The van der Waals surface area contributed by atoms with Crippen LogP contribution in [0, 0.1) is 12.3 Å². The Labute approximate surface area is 111 Å². The highest BCUT2D eigenvalue weighted by molar-refractivity contribution is 5.83. The SMILES string of the molecule is Cc1cc(=O)oc2cc(OC(=O)C(C)(C)C)ccc12. The first-order valence-corrected chi connectivity index (χ1v) is 6.04. The van der Waals surface area contributed by atoms with Gasteiger partial charge in [0.1, 0.15) is 11.3 Å². The fourth-order valence-corrected chi connectivity index (χ4v) is 1.63. The van der Waals surface area contributed by atoms with Gasteiger partial charge in [-0.15, -0.1) is 0 Å². The minimum absolute atomic E-state index is 0.332. The molecule has 0 saturated heterocycles. The van der Waals surface area contributed by atoms with Crippen LogP contribution in [0.5, 0.6) is 5.75 Å². The molecule has 1 aromatic heterocycles. The van der Waals surface area contributed by atoms with Crippen molar-refractivity contribution in [1.29, 1.82) is 0 Å². The first kappa shape index (κ1) is 13.3. The molecule has 0 atom stereocenters. The molecular weight excluding hydrogens is 244 g/mol. The predicted octanol–water partition coefficient (Wildman–Crippen LogP) is 3.05. The molecule has 4 heteroatoms. The number of hydrogen-bond donors (Lipinski definition) is 0. The van der Waals surface area contributed by atoms with Crippen LogP contribution in [0.3, 0.4) is 0 Å². The van der Waals surface area contributed by atoms with Crippen LogP contribution < -0.4 is 10.4 Å². The molecule has 0 N–H and O–H groups in total. The van der Waals surface area contributed by atoms with E-state index < -0.39 is 11.0 Å². The Kier molecular flexibility index (Phi) is 3.18. The summed E-state index contributed by atoms with van der Waals surface area (Å²) < 4.78 is 10.4. The van der Waals surface area contributed by atoms with Crippen molar-refractivity contribution < 1.29 is 13.9 Å². The van der Waals surface area contributed by atoms with Crippen molar-refractivity contribution in [2.75, 3.05) is 0 Å². The Morgan fingerprint density at radius 3 is 2.53 bits per heavy atom. The van der Waals surface area contributed by atoms with Gasteiger partial charge in [0.05, 0.1) is 5.41 Å². The summed E-state index contributed by atoms with van der Waals surface area (Å²) in [5, 5.41) is 0.829. The normalized spacial score (nSPS) is 11.6. The molecule has 100 valence electrons. The standard InChI is InChI=1S/C15H16O4/c1-9-7-13(16)19-12-8-10(5-6-11(9)12)18-14(17)15(2,3)4/h5-8H,1-4H3. The summed E-state index contributed by atoms with van der Waals surface area (Å²) in [4.78, 5) is 23.1. The molecule has 0 saturated carbocycles. The Balaban J connectivity index is 2.42. The predicted molar refractivity (Wildman–Crippen MR) is 72.3 cm³/mol. The van der Waals surface area contributed by atoms with Crippen LogP contribution in [0.2, 0.25) is 0 Å². The first-order chi connectivity index (χ1) is 8.77. The number of carbonyl (C=O) groups excluding carboxylic acids is 1. The van der Waals surface area contributed by atoms with E-state index in [0.717, 1.165) is 10.9 Å². The van der Waals surface area contributed by atoms with Crippen LogP contribution in [-0.2, 0) is 4.79 Å². The monoisotopic (exact) mass is 260 g/mol. The zero-order valence-corrected chi connectivity index (χ0v) is 11.4. The van der Waals surface area contributed by atoms with Gasteiger partial charge in [-0.3, -0.25) is 4.79 Å². The van der Waals surface area contributed by atoms with Crippen LogP contribution >= 0.6 is 0 Å². The molecule has 2 aromatic rings. The Bertz CT molecular complexity index is 689. The number of esters is 1. The topological polar surface area (TPSA) is 56.5 Å². The molecule has 0 spiro atoms. The highest BCUT2D eigenvalue weighted by Gasteiger charge is 2.23. The van der Waals surface area contributed by atoms with Crippen LogP contribution in [-0.4, -0.2) is 5.97 Å². The van der Waals surface area contributed by atoms with Gasteiger partial charge in [0.2, 0.25) is 0 Å². The van der Waals surface area contributed by atoms with Crippen molar-refractivity contribution in [3.8, 4) is 5.75 Å². The lowest BCUT2D eigenvalue weighted by Crippen LogP contribution is -2.25. The summed E-state index contributed by atoms with van der Waals surface area (Å²) in [6.45, 7) is 7.17. The van der Waals surface area contributed by atoms with Gasteiger partial charge < -0.3 is 9.15 Å². The van der Waals surface area contributed by atoms with Crippen molar-refractivity contribution in [3.05, 3.63) is 40.2 Å². The third kappa shape index (κ3) is 2.84. The summed E-state index contributed by atoms with van der Waals surface area (Å²) in [5.41, 5.74) is 0.260. The number of ether oxygens (including phenoxy) is 1. The molecule has 19 heavy (non-hydrogen) atoms. The Morgan fingerprint density at radius 1 is 1.21 bits per heavy atom. The molecule has 0 aliphatic rings. The van der Waals surface area contributed by atoms with E-state index in [9.17, 15) is 9.59 Å². The Hall–Kier alpha value is -2.10. The number of carbonyl (C=O) groups is 1. The van der Waals surface area contributed by atoms with Gasteiger partial charge in [-0.2, -0.15) is 0 Å². The van der Waals surface area contributed by atoms with E-state index >= 15 is 0 Å². The fourth-order valence-electron chi connectivity index (χ4n) is 1.63. The molecular formula is C15H16O4. The van der Waals surface area contributed by atoms with E-state index in [1.807, 2.05) is 6.92 Å². The van der Waals surface area contributed by atoms with Gasteiger partial charge in [-0.05, 0) is 45.4 Å². The van der Waals surface area contributed by atoms with Crippen molar-refractivity contribution >= 4 is 16.9 Å². The van der Waals surface area contributed by atoms with Gasteiger partial charge in [-0.1, -0.05) is 0 Å². The van der Waals surface area contributed by atoms with Crippen LogP contribution in [0.1, 0.15) is 26.3 Å². The quantitative estimate of drug-likeness (QED) is 0.449. The van der Waals surface area contributed by atoms with Crippen molar-refractivity contribution in [2.24, 2.45) is 5.41 Å². The number of aryl methyl sites for hydroxylation is 1. The lowest BCUT2D eigenvalue weighted by atomic mass is 9.97. The van der Waals surface area contributed by atoms with Gasteiger partial charge >= 0.3 is 11.6 Å². The lowest BCUT2D eigenvalue weighted by Gasteiger charge is -2.16. The van der Waals surface area contributed by atoms with Gasteiger partial charge in [-0.25, -0.2) is 4.79 Å². The molecule has 0 aliphatic carbocycles. The summed E-state index contributed by atoms with van der Waals surface area (Å²) >= 11 is 0. The number of rotatable bonds is 1. The molecule has 2 rings (SSSR count). The lowest BCUT2D eigenvalue weighted by molar-refractivity contribution is -0.142. The van der Waals surface area contributed by atoms with E-state index in [1.165, 1.54) is 6.07 Å². The highest BCUT2D eigenvalue weighted by Crippen LogP contribution is 2.24. The van der Waals surface area contributed by atoms with E-state index in [2.05, 4.69) is 0 Å². The number of fused-ring (bicyclic) bond motifs is 1. The maximum atomic E-state index is 11.8. The minimum Gasteiger partial charge on any atom is -0.426 e. The zero-order valence-electron chi connectivity index (χ0n) is 11.4. The van der Waals surface area contributed by atoms with Crippen molar-refractivity contribution in [2.45, 2.75) is 27.7 Å². The molecule has 1 aromatic carbocycles. The average molecular weight is 260 g/mol. The smallest absolute Gasteiger partial charge is 0.336 e. The molecule has 0 unspecified atom stereocenters. The number of hydrogen-bond acceptors (Lipinski definition) is 4. The number of benzene rings is 1. The maximum Gasteiger partial charge on any atom is 0.336 e. The van der Waals surface area contributed by atoms with Crippen LogP contribution in [0.25, 0.3) is 11.0 Å². The molecule has 0 bridgehead atoms. The highest BCUT2D eigenvalue weighted by atomic mass is 16.5. The van der Waals surface area contributed by atoms with Crippen molar-refractivity contribution in [1.82, 2.24) is 0 Å². The summed E-state index contributed by atoms with van der Waals surface area (Å²) in [6.07, 6.45) is 0. The van der Waals surface area contributed by atoms with Gasteiger partial charge in [0, 0.05) is 17.5 Å². The Morgan fingerprint density at radius 2 is 1.89 bits per heavy atom. The molecule has 1 heterocycles. The van der Waals surface area contributed by atoms with E-state index in [-0.39, 0.29) is 5.97 Å². The third-order valence-electron chi connectivity index (χ3n) is 2.75. The summed E-state index contributed by atoms with van der Waals surface area (Å²) in [7, 11) is 0. The van der Waals surface area contributed by atoms with Crippen LogP contribution in [0.4, 0.5) is 0 Å². The van der Waals surface area contributed by atoms with Gasteiger partial charge in [0.15, 0.2) is 0 Å². The van der Waals surface area contributed by atoms with E-state index in [0.29, 0.717) is 11.3 Å². The molecule has 0 fully saturated rings. The van der Waals surface area contributed by atoms with Crippen LogP contribution in [0.15, 0.2) is 33.5 Å². The third-order valence-corrected chi connectivity index (χ3v) is 2.75. The molecule has 4 nitrogen and oxygen atoms in total. The molecule has 0 amide bonds. The average Bonchev–Trinajstić information content (AvgIpc) is 2.26.